The molecule has 0 bridgehead atoms. The van der Waals surface area contributed by atoms with Gasteiger partial charge in [-0.1, -0.05) is 13.3 Å². The van der Waals surface area contributed by atoms with E-state index in [-0.39, 0.29) is 0 Å². The summed E-state index contributed by atoms with van der Waals surface area (Å²) in [5, 5.41) is 0. The average Bonchev–Trinajstić information content (AvgIpc) is 2.01. The van der Waals surface area contributed by atoms with E-state index >= 15 is 0 Å². The first-order valence-corrected chi connectivity index (χ1v) is 4.82. The monoisotopic (exact) mass is 159 g/mol. The summed E-state index contributed by atoms with van der Waals surface area (Å²) in [6.07, 6.45) is 5.23. The Kier molecular flexibility index (Phi) is 7.96. The van der Waals surface area contributed by atoms with Gasteiger partial charge in [-0.25, -0.2) is 0 Å². The van der Waals surface area contributed by atoms with Gasteiger partial charge in [0.25, 0.3) is 0 Å². The van der Waals surface area contributed by atoms with Gasteiger partial charge in [-0.3, -0.25) is 0 Å². The van der Waals surface area contributed by atoms with Gasteiger partial charge in [0, 0.05) is 6.42 Å². The third-order valence-electron chi connectivity index (χ3n) is 2.01. The van der Waals surface area contributed by atoms with Crippen molar-refractivity contribution in [1.82, 2.24) is 0 Å². The van der Waals surface area contributed by atoms with Gasteiger partial charge in [0.15, 0.2) is 0 Å². The molecule has 1 unspecified atom stereocenters. The molecule has 0 aliphatic rings. The summed E-state index contributed by atoms with van der Waals surface area (Å²) in [6, 6.07) is 0. The van der Waals surface area contributed by atoms with Gasteiger partial charge >= 0.3 is 0 Å². The number of hydrogen-bond donors (Lipinski definition) is 2. The highest BCUT2D eigenvalue weighted by Crippen LogP contribution is 1.88. The largest absolute Gasteiger partial charge is 0.337 e. The van der Waals surface area contributed by atoms with Crippen molar-refractivity contribution >= 4 is 0 Å². The van der Waals surface area contributed by atoms with E-state index in [0.29, 0.717) is 0 Å². The Bertz CT molecular complexity index is 74.0. The molecule has 0 radical (unpaired) electrons. The molecular weight excluding hydrogens is 136 g/mol. The highest BCUT2D eigenvalue weighted by atomic mass is 15.1. The Morgan fingerprint density at radius 2 is 1.73 bits per heavy atom. The van der Waals surface area contributed by atoms with Crippen LogP contribution in [0, 0.1) is 0 Å². The third-order valence-corrected chi connectivity index (χ3v) is 2.01. The molecule has 3 N–H and O–H groups in total. The van der Waals surface area contributed by atoms with Gasteiger partial charge < -0.3 is 10.6 Å². The Morgan fingerprint density at radius 1 is 1.09 bits per heavy atom. The topological polar surface area (TPSA) is 30.5 Å². The lowest BCUT2D eigenvalue weighted by molar-refractivity contribution is -0.879. The van der Waals surface area contributed by atoms with Crippen LogP contribution in [0.1, 0.15) is 32.6 Å². The molecule has 0 amide bonds. The maximum Gasteiger partial charge on any atom is 0.0781 e. The molecular formula is C9H23N2+. The Morgan fingerprint density at radius 3 is 2.27 bits per heavy atom. The number of nitrogens with two attached hydrogens (primary N) is 1. The molecule has 68 valence electrons. The molecule has 0 aliphatic heterocycles. The van der Waals surface area contributed by atoms with Gasteiger partial charge in [0.1, 0.15) is 0 Å². The molecule has 2 heteroatoms. The van der Waals surface area contributed by atoms with Crippen molar-refractivity contribution in [3.63, 3.8) is 0 Å². The summed E-state index contributed by atoms with van der Waals surface area (Å²) in [5.74, 6) is 0. The lowest BCUT2D eigenvalue weighted by Gasteiger charge is -2.12. The second-order valence-electron chi connectivity index (χ2n) is 3.31. The minimum Gasteiger partial charge on any atom is -0.337 e. The predicted molar refractivity (Wildman–Crippen MR) is 49.8 cm³/mol. The van der Waals surface area contributed by atoms with Gasteiger partial charge in [-0.2, -0.15) is 0 Å². The summed E-state index contributed by atoms with van der Waals surface area (Å²) in [4.78, 5) is 1.63. The van der Waals surface area contributed by atoms with Crippen LogP contribution in [-0.4, -0.2) is 26.7 Å². The molecule has 2 nitrogen and oxygen atoms in total. The van der Waals surface area contributed by atoms with Crippen LogP contribution in [0.2, 0.25) is 0 Å². The van der Waals surface area contributed by atoms with Crippen LogP contribution in [-0.2, 0) is 0 Å². The van der Waals surface area contributed by atoms with Crippen LogP contribution in [0.5, 0.6) is 0 Å². The van der Waals surface area contributed by atoms with Crippen LogP contribution < -0.4 is 10.6 Å². The number of hydrogen-bond acceptors (Lipinski definition) is 1. The second kappa shape index (κ2) is 8.02. The van der Waals surface area contributed by atoms with Crippen molar-refractivity contribution in [2.75, 3.05) is 26.7 Å². The standard InChI is InChI=1S/C9H22N2/c1-3-4-5-8-11(2)9-6-7-10/h3-10H2,1-2H3/p+1. The number of rotatable bonds is 7. The first-order valence-electron chi connectivity index (χ1n) is 4.82. The van der Waals surface area contributed by atoms with Crippen molar-refractivity contribution in [1.29, 1.82) is 0 Å². The van der Waals surface area contributed by atoms with Crippen molar-refractivity contribution in [3.8, 4) is 0 Å². The number of nitrogens with one attached hydrogen (secondary N) is 1. The van der Waals surface area contributed by atoms with Crippen LogP contribution >= 0.6 is 0 Å². The minimum absolute atomic E-state index is 0.838. The summed E-state index contributed by atoms with van der Waals surface area (Å²) in [7, 11) is 2.26. The molecule has 0 fully saturated rings. The predicted octanol–water partition coefficient (Wildman–Crippen LogP) is 0.0401. The third kappa shape index (κ3) is 7.82. The van der Waals surface area contributed by atoms with Gasteiger partial charge in [-0.15, -0.1) is 0 Å². The van der Waals surface area contributed by atoms with E-state index in [0.717, 1.165) is 13.0 Å². The van der Waals surface area contributed by atoms with Crippen molar-refractivity contribution in [2.24, 2.45) is 5.73 Å². The molecule has 0 saturated heterocycles. The van der Waals surface area contributed by atoms with E-state index in [1.54, 1.807) is 4.90 Å². The quantitative estimate of drug-likeness (QED) is 0.505. The zero-order valence-corrected chi connectivity index (χ0v) is 8.03. The van der Waals surface area contributed by atoms with Crippen molar-refractivity contribution in [2.45, 2.75) is 32.6 Å². The molecule has 0 rings (SSSR count). The molecule has 0 heterocycles. The highest BCUT2D eigenvalue weighted by Gasteiger charge is 1.98. The van der Waals surface area contributed by atoms with E-state index in [9.17, 15) is 0 Å². The maximum absolute atomic E-state index is 5.42. The summed E-state index contributed by atoms with van der Waals surface area (Å²) in [6.45, 7) is 5.63. The first-order chi connectivity index (χ1) is 5.31. The minimum atomic E-state index is 0.838. The van der Waals surface area contributed by atoms with Crippen LogP contribution in [0.4, 0.5) is 0 Å². The molecule has 0 aromatic rings. The molecule has 11 heavy (non-hydrogen) atoms. The fraction of sp³-hybridized carbons (Fsp3) is 1.00. The van der Waals surface area contributed by atoms with Crippen LogP contribution in [0.15, 0.2) is 0 Å². The maximum atomic E-state index is 5.42. The Hall–Kier alpha value is -0.0800. The second-order valence-corrected chi connectivity index (χ2v) is 3.31. The van der Waals surface area contributed by atoms with E-state index in [4.69, 9.17) is 5.73 Å². The normalized spacial score (nSPS) is 13.4. The zero-order valence-electron chi connectivity index (χ0n) is 8.03. The smallest absolute Gasteiger partial charge is 0.0781 e. The Balaban J connectivity index is 3.02. The van der Waals surface area contributed by atoms with E-state index in [1.807, 2.05) is 0 Å². The molecule has 0 aliphatic carbocycles. The van der Waals surface area contributed by atoms with Crippen LogP contribution in [0.3, 0.4) is 0 Å². The fourth-order valence-electron chi connectivity index (χ4n) is 1.21. The first kappa shape index (κ1) is 10.9. The lowest BCUT2D eigenvalue weighted by Crippen LogP contribution is -3.09. The van der Waals surface area contributed by atoms with Crippen LogP contribution in [0.25, 0.3) is 0 Å². The molecule has 0 aromatic carbocycles. The fourth-order valence-corrected chi connectivity index (χ4v) is 1.21. The summed E-state index contributed by atoms with van der Waals surface area (Å²) in [5.41, 5.74) is 5.42. The van der Waals surface area contributed by atoms with Crippen molar-refractivity contribution < 1.29 is 4.90 Å². The lowest BCUT2D eigenvalue weighted by atomic mass is 10.2. The van der Waals surface area contributed by atoms with E-state index in [2.05, 4.69) is 14.0 Å². The number of unbranched alkanes of at least 4 members (excludes halogenated alkanes) is 2. The van der Waals surface area contributed by atoms with Crippen molar-refractivity contribution in [3.05, 3.63) is 0 Å². The van der Waals surface area contributed by atoms with E-state index < -0.39 is 0 Å². The zero-order chi connectivity index (χ0) is 8.53. The van der Waals surface area contributed by atoms with Gasteiger partial charge in [0.05, 0.1) is 20.1 Å². The van der Waals surface area contributed by atoms with Gasteiger partial charge in [-0.05, 0) is 19.4 Å². The van der Waals surface area contributed by atoms with Gasteiger partial charge in [0.2, 0.25) is 0 Å². The molecule has 0 aromatic heterocycles. The SMILES string of the molecule is CCCCC[NH+](C)CCCN. The summed E-state index contributed by atoms with van der Waals surface area (Å²) < 4.78 is 0. The molecule has 0 saturated carbocycles. The average molecular weight is 159 g/mol. The van der Waals surface area contributed by atoms with E-state index in [1.165, 1.54) is 32.4 Å². The highest BCUT2D eigenvalue weighted by molar-refractivity contribution is 4.36. The summed E-state index contributed by atoms with van der Waals surface area (Å²) >= 11 is 0. The number of quaternary nitrogens is 1. The molecule has 0 spiro atoms. The molecule has 1 atom stereocenters. The Labute approximate surface area is 70.8 Å².